The number of nitrogens with zero attached hydrogens (tertiary/aromatic N) is 2. The predicted molar refractivity (Wildman–Crippen MR) is 106 cm³/mol. The van der Waals surface area contributed by atoms with E-state index in [1.807, 2.05) is 13.8 Å². The Morgan fingerprint density at radius 3 is 2.30 bits per heavy atom. The highest BCUT2D eigenvalue weighted by Gasteiger charge is 2.19. The van der Waals surface area contributed by atoms with Gasteiger partial charge in [0.25, 0.3) is 10.0 Å². The Morgan fingerprint density at radius 2 is 1.70 bits per heavy atom. The molecule has 0 atom stereocenters. The van der Waals surface area contributed by atoms with Crippen LogP contribution in [0.15, 0.2) is 46.1 Å². The molecule has 27 heavy (non-hydrogen) atoms. The number of hydrogen-bond acceptors (Lipinski definition) is 4. The van der Waals surface area contributed by atoms with Crippen LogP contribution in [0.25, 0.3) is 11.0 Å². The van der Waals surface area contributed by atoms with E-state index in [0.717, 1.165) is 0 Å². The van der Waals surface area contributed by atoms with Crippen molar-refractivity contribution in [2.75, 3.05) is 11.8 Å². The number of hydrogen-bond donors (Lipinski definition) is 1. The number of fused-ring (bicyclic) bond motifs is 1. The summed E-state index contributed by atoms with van der Waals surface area (Å²) in [5.41, 5.74) is 1.45. The minimum Gasteiger partial charge on any atom is -0.495 e. The molecule has 0 aliphatic carbocycles. The molecule has 1 aromatic heterocycles. The van der Waals surface area contributed by atoms with E-state index >= 15 is 0 Å². The third-order valence-electron chi connectivity index (χ3n) is 4.34. The van der Waals surface area contributed by atoms with Crippen LogP contribution < -0.4 is 15.1 Å². The van der Waals surface area contributed by atoms with Crippen LogP contribution in [0, 0.1) is 0 Å². The molecule has 0 fully saturated rings. The van der Waals surface area contributed by atoms with Crippen molar-refractivity contribution in [2.45, 2.75) is 31.8 Å². The minimum atomic E-state index is -3.85. The molecular weight excluding hydrogens is 390 g/mol. The monoisotopic (exact) mass is 409 g/mol. The van der Waals surface area contributed by atoms with Crippen LogP contribution >= 0.6 is 11.6 Å². The summed E-state index contributed by atoms with van der Waals surface area (Å²) >= 11 is 6.06. The van der Waals surface area contributed by atoms with E-state index in [9.17, 15) is 13.2 Å². The third-order valence-corrected chi connectivity index (χ3v) is 6.01. The van der Waals surface area contributed by atoms with E-state index in [4.69, 9.17) is 16.3 Å². The lowest BCUT2D eigenvalue weighted by Crippen LogP contribution is -2.23. The predicted octanol–water partition coefficient (Wildman–Crippen LogP) is 3.31. The Labute approximate surface area is 162 Å². The number of sulfonamides is 1. The van der Waals surface area contributed by atoms with Crippen molar-refractivity contribution in [3.05, 3.63) is 51.9 Å². The Hall–Kier alpha value is -2.45. The van der Waals surface area contributed by atoms with Crippen molar-refractivity contribution in [2.24, 2.45) is 0 Å². The fourth-order valence-corrected chi connectivity index (χ4v) is 4.35. The molecule has 0 saturated carbocycles. The van der Waals surface area contributed by atoms with Gasteiger partial charge in [-0.05, 0) is 50.2 Å². The summed E-state index contributed by atoms with van der Waals surface area (Å²) in [7, 11) is -2.37. The standard InChI is InChI=1S/C18H20ClN3O4S/c1-4-21-15-8-7-13(11-16(15)22(5-2)18(21)23)27(24,25)20-12-6-9-17(26-3)14(19)10-12/h6-11,20H,4-5H2,1-3H3. The van der Waals surface area contributed by atoms with Gasteiger partial charge in [-0.15, -0.1) is 0 Å². The fraction of sp³-hybridized carbons (Fsp3) is 0.278. The lowest BCUT2D eigenvalue weighted by atomic mass is 10.3. The summed E-state index contributed by atoms with van der Waals surface area (Å²) in [6.45, 7) is 4.68. The van der Waals surface area contributed by atoms with Gasteiger partial charge in [0.1, 0.15) is 5.75 Å². The van der Waals surface area contributed by atoms with E-state index in [1.54, 1.807) is 27.3 Å². The van der Waals surface area contributed by atoms with Gasteiger partial charge < -0.3 is 4.74 Å². The second-order valence-electron chi connectivity index (χ2n) is 5.88. The topological polar surface area (TPSA) is 82.3 Å². The molecule has 0 radical (unpaired) electrons. The zero-order valence-corrected chi connectivity index (χ0v) is 16.8. The second-order valence-corrected chi connectivity index (χ2v) is 7.97. The number of ether oxygens (including phenoxy) is 1. The number of halogens is 1. The SMILES string of the molecule is CCn1c(=O)n(CC)c2cc(S(=O)(=O)Nc3ccc(OC)c(Cl)c3)ccc21. The van der Waals surface area contributed by atoms with Crippen LogP contribution in [-0.4, -0.2) is 24.7 Å². The number of rotatable bonds is 6. The van der Waals surface area contributed by atoms with Crippen molar-refractivity contribution in [3.8, 4) is 5.75 Å². The number of aryl methyl sites for hydroxylation is 2. The maximum atomic E-state index is 12.8. The Balaban J connectivity index is 2.05. The maximum absolute atomic E-state index is 12.8. The highest BCUT2D eigenvalue weighted by Crippen LogP contribution is 2.29. The first-order valence-electron chi connectivity index (χ1n) is 8.41. The van der Waals surface area contributed by atoms with Crippen molar-refractivity contribution in [1.29, 1.82) is 0 Å². The second kappa shape index (κ2) is 7.28. The average molecular weight is 410 g/mol. The molecule has 9 heteroatoms. The highest BCUT2D eigenvalue weighted by atomic mass is 35.5. The molecule has 7 nitrogen and oxygen atoms in total. The number of benzene rings is 2. The zero-order valence-electron chi connectivity index (χ0n) is 15.2. The van der Waals surface area contributed by atoms with E-state index in [-0.39, 0.29) is 10.6 Å². The van der Waals surface area contributed by atoms with Crippen molar-refractivity contribution in [1.82, 2.24) is 9.13 Å². The molecule has 3 aromatic rings. The third kappa shape index (κ3) is 3.42. The molecule has 1 N–H and O–H groups in total. The zero-order chi connectivity index (χ0) is 19.8. The van der Waals surface area contributed by atoms with Crippen LogP contribution in [0.2, 0.25) is 5.02 Å². The number of methoxy groups -OCH3 is 1. The number of aromatic nitrogens is 2. The molecule has 1 heterocycles. The molecule has 0 aliphatic heterocycles. The smallest absolute Gasteiger partial charge is 0.329 e. The summed E-state index contributed by atoms with van der Waals surface area (Å²) in [6.07, 6.45) is 0. The first-order valence-corrected chi connectivity index (χ1v) is 10.3. The van der Waals surface area contributed by atoms with Gasteiger partial charge in [-0.3, -0.25) is 13.9 Å². The van der Waals surface area contributed by atoms with Gasteiger partial charge in [-0.25, -0.2) is 13.2 Å². The van der Waals surface area contributed by atoms with Crippen LogP contribution in [0.5, 0.6) is 5.75 Å². The lowest BCUT2D eigenvalue weighted by molar-refractivity contribution is 0.415. The summed E-state index contributed by atoms with van der Waals surface area (Å²) in [5, 5.41) is 0.299. The minimum absolute atomic E-state index is 0.0670. The van der Waals surface area contributed by atoms with Gasteiger partial charge in [0.2, 0.25) is 0 Å². The lowest BCUT2D eigenvalue weighted by Gasteiger charge is -2.10. The quantitative estimate of drug-likeness (QED) is 0.677. The Morgan fingerprint density at radius 1 is 1.04 bits per heavy atom. The number of anilines is 1. The fourth-order valence-electron chi connectivity index (χ4n) is 3.02. The molecule has 2 aromatic carbocycles. The Bertz CT molecular complexity index is 1170. The van der Waals surface area contributed by atoms with Crippen molar-refractivity contribution < 1.29 is 13.2 Å². The van der Waals surface area contributed by atoms with Gasteiger partial charge in [0.05, 0.1) is 33.7 Å². The van der Waals surface area contributed by atoms with Crippen molar-refractivity contribution in [3.63, 3.8) is 0 Å². The molecule has 0 saturated heterocycles. The average Bonchev–Trinajstić information content (AvgIpc) is 2.91. The molecule has 0 unspecified atom stereocenters. The first kappa shape index (κ1) is 19.3. The van der Waals surface area contributed by atoms with E-state index < -0.39 is 10.0 Å². The molecular formula is C18H20ClN3O4S. The van der Waals surface area contributed by atoms with Gasteiger partial charge >= 0.3 is 5.69 Å². The van der Waals surface area contributed by atoms with Crippen LogP contribution in [0.1, 0.15) is 13.8 Å². The summed E-state index contributed by atoms with van der Waals surface area (Å²) in [4.78, 5) is 12.5. The van der Waals surface area contributed by atoms with Crippen LogP contribution in [-0.2, 0) is 23.1 Å². The summed E-state index contributed by atoms with van der Waals surface area (Å²) < 4.78 is 36.3. The molecule has 0 bridgehead atoms. The molecule has 0 spiro atoms. The normalized spacial score (nSPS) is 11.7. The van der Waals surface area contributed by atoms with Crippen LogP contribution in [0.3, 0.4) is 0 Å². The maximum Gasteiger partial charge on any atom is 0.329 e. The first-order chi connectivity index (χ1) is 12.8. The Kier molecular flexibility index (Phi) is 5.21. The highest BCUT2D eigenvalue weighted by molar-refractivity contribution is 7.92. The largest absolute Gasteiger partial charge is 0.495 e. The summed E-state index contributed by atoms with van der Waals surface area (Å²) in [5.74, 6) is 0.453. The molecule has 144 valence electrons. The molecule has 3 rings (SSSR count). The van der Waals surface area contributed by atoms with Gasteiger partial charge in [0, 0.05) is 13.1 Å². The molecule has 0 aliphatic rings. The van der Waals surface area contributed by atoms with E-state index in [0.29, 0.717) is 40.6 Å². The van der Waals surface area contributed by atoms with Gasteiger partial charge in [0.15, 0.2) is 0 Å². The summed E-state index contributed by atoms with van der Waals surface area (Å²) in [6, 6.07) is 9.28. The van der Waals surface area contributed by atoms with Gasteiger partial charge in [-0.2, -0.15) is 0 Å². The van der Waals surface area contributed by atoms with Crippen LogP contribution in [0.4, 0.5) is 5.69 Å². The van der Waals surface area contributed by atoms with E-state index in [1.165, 1.54) is 25.3 Å². The van der Waals surface area contributed by atoms with Gasteiger partial charge in [-0.1, -0.05) is 11.6 Å². The number of imidazole rings is 1. The molecule has 0 amide bonds. The van der Waals surface area contributed by atoms with Crippen molar-refractivity contribution >= 4 is 38.3 Å². The van der Waals surface area contributed by atoms with E-state index in [2.05, 4.69) is 4.72 Å². The number of nitrogens with one attached hydrogen (secondary N) is 1.